The Bertz CT molecular complexity index is 1190. The molecule has 2 aliphatic carbocycles. The zero-order valence-corrected chi connectivity index (χ0v) is 17.4. The molecule has 0 unspecified atom stereocenters. The molecule has 2 aromatic rings. The van der Waals surface area contributed by atoms with Crippen molar-refractivity contribution in [2.75, 3.05) is 11.9 Å². The highest BCUT2D eigenvalue weighted by Crippen LogP contribution is 2.39. The van der Waals surface area contributed by atoms with Crippen molar-refractivity contribution in [1.29, 1.82) is 5.26 Å². The van der Waals surface area contributed by atoms with E-state index in [1.54, 1.807) is 10.9 Å². The van der Waals surface area contributed by atoms with Crippen LogP contribution in [0.15, 0.2) is 21.5 Å². The minimum atomic E-state index is -3.58. The van der Waals surface area contributed by atoms with Gasteiger partial charge in [0.25, 0.3) is 0 Å². The van der Waals surface area contributed by atoms with Crippen molar-refractivity contribution in [3.8, 4) is 12.1 Å². The van der Waals surface area contributed by atoms with Gasteiger partial charge in [0.15, 0.2) is 21.0 Å². The number of hydrogen-bond acceptors (Lipinski definition) is 5. The fraction of sp³-hybridized carbons (Fsp3) is 0.450. The van der Waals surface area contributed by atoms with E-state index in [1.807, 2.05) is 6.92 Å². The van der Waals surface area contributed by atoms with Crippen molar-refractivity contribution in [3.63, 3.8) is 0 Å². The number of benzene rings is 1. The molecule has 10 heteroatoms. The Labute approximate surface area is 174 Å². The monoisotopic (exact) mass is 426 g/mol. The topological polar surface area (TPSA) is 121 Å². The molecule has 5 rings (SSSR count). The number of rotatable bonds is 3. The molecule has 30 heavy (non-hydrogen) atoms. The molecule has 0 saturated carbocycles. The number of urea groups is 1. The fourth-order valence-corrected chi connectivity index (χ4v) is 5.88. The van der Waals surface area contributed by atoms with Crippen LogP contribution in [0.3, 0.4) is 0 Å². The van der Waals surface area contributed by atoms with Gasteiger partial charge in [-0.2, -0.15) is 10.4 Å². The van der Waals surface area contributed by atoms with Crippen molar-refractivity contribution in [2.45, 2.75) is 56.4 Å². The number of carbonyl (C=O) groups excluding carboxylic acids is 1. The molecule has 2 N–H and O–H groups in total. The molecule has 0 fully saturated rings. The number of aromatic nitrogens is 2. The zero-order chi connectivity index (χ0) is 20.9. The Morgan fingerprint density at radius 1 is 1.30 bits per heavy atom. The summed E-state index contributed by atoms with van der Waals surface area (Å²) >= 11 is 0. The highest BCUT2D eigenvalue weighted by molar-refractivity contribution is 7.92. The maximum atomic E-state index is 13.5. The molecule has 3 aliphatic rings. The van der Waals surface area contributed by atoms with E-state index in [9.17, 15) is 9.00 Å². The van der Waals surface area contributed by atoms with Gasteiger partial charge >= 0.3 is 6.03 Å². The molecule has 9 nitrogen and oxygen atoms in total. The summed E-state index contributed by atoms with van der Waals surface area (Å²) in [5.74, 6) is 0.272. The minimum absolute atomic E-state index is 0.0252. The first-order valence-corrected chi connectivity index (χ1v) is 11.6. The Balaban J connectivity index is 1.53. The van der Waals surface area contributed by atoms with E-state index in [0.717, 1.165) is 55.3 Å². The van der Waals surface area contributed by atoms with E-state index in [1.165, 1.54) is 17.3 Å². The van der Waals surface area contributed by atoms with Crippen molar-refractivity contribution < 1.29 is 13.7 Å². The lowest BCUT2D eigenvalue weighted by atomic mass is 9.99. The summed E-state index contributed by atoms with van der Waals surface area (Å²) in [7, 11) is -3.58. The molecule has 156 valence electrons. The molecule has 2 amide bonds. The molecule has 1 aromatic carbocycles. The molecule has 0 bridgehead atoms. The number of aryl methyl sites for hydroxylation is 2. The molecule has 0 spiro atoms. The van der Waals surface area contributed by atoms with Crippen LogP contribution >= 0.6 is 0 Å². The molecular weight excluding hydrogens is 404 g/mol. The predicted octanol–water partition coefficient (Wildman–Crippen LogP) is 2.86. The van der Waals surface area contributed by atoms with E-state index < -0.39 is 15.9 Å². The predicted molar refractivity (Wildman–Crippen MR) is 110 cm³/mol. The highest BCUT2D eigenvalue weighted by atomic mass is 32.2. The first-order chi connectivity index (χ1) is 14.5. The normalized spacial score (nSPS) is 20.3. The van der Waals surface area contributed by atoms with Crippen molar-refractivity contribution in [2.24, 2.45) is 4.36 Å². The number of amides is 2. The van der Waals surface area contributed by atoms with E-state index in [2.05, 4.69) is 25.6 Å². The van der Waals surface area contributed by atoms with Gasteiger partial charge in [-0.3, -0.25) is 0 Å². The lowest BCUT2D eigenvalue weighted by Gasteiger charge is -2.15. The van der Waals surface area contributed by atoms with E-state index in [4.69, 9.17) is 10.00 Å². The van der Waals surface area contributed by atoms with Gasteiger partial charge in [0.1, 0.15) is 6.61 Å². The summed E-state index contributed by atoms with van der Waals surface area (Å²) in [4.78, 5) is 13.0. The quantitative estimate of drug-likeness (QED) is 0.577. The third-order valence-corrected chi connectivity index (χ3v) is 7.66. The Hall–Kier alpha value is -3.06. The first-order valence-electron chi connectivity index (χ1n) is 10.1. The standard InChI is InChI=1S/C20H22N6O3S/c1-12-10-29-19-17(9-22-26(12)19)30(28,23-11-21)25-20(27)24-18-15-6-2-4-13(15)8-14-5-3-7-16(14)18/h8-9,12H,2-7,10H2,1H3,(H2,23,24,25,27,28)/t12-,30+/m0/s1. The van der Waals surface area contributed by atoms with Crippen LogP contribution in [0.1, 0.15) is 48.1 Å². The van der Waals surface area contributed by atoms with Gasteiger partial charge in [0.05, 0.1) is 12.2 Å². The average molecular weight is 427 g/mol. The number of carbonyl (C=O) groups is 1. The Morgan fingerprint density at radius 2 is 2.00 bits per heavy atom. The molecule has 1 aliphatic heterocycles. The highest BCUT2D eigenvalue weighted by Gasteiger charge is 2.31. The van der Waals surface area contributed by atoms with Crippen LogP contribution in [-0.4, -0.2) is 26.6 Å². The Kier molecular flexibility index (Phi) is 4.43. The van der Waals surface area contributed by atoms with Crippen LogP contribution in [0.5, 0.6) is 5.88 Å². The van der Waals surface area contributed by atoms with E-state index >= 15 is 0 Å². The SMILES string of the molecule is C[C@H]1COc2c([S@](=O)(=NC(=O)Nc3c4c(cc5c3CCC5)CCC4)NC#N)cnn21. The first kappa shape index (κ1) is 18.9. The van der Waals surface area contributed by atoms with Gasteiger partial charge in [-0.05, 0) is 67.7 Å². The molecular formula is C20H22N6O3S. The summed E-state index contributed by atoms with van der Waals surface area (Å²) in [5, 5.41) is 16.2. The van der Waals surface area contributed by atoms with E-state index in [0.29, 0.717) is 6.61 Å². The summed E-state index contributed by atoms with van der Waals surface area (Å²) in [6.07, 6.45) is 8.95. The molecule has 0 radical (unpaired) electrons. The van der Waals surface area contributed by atoms with Crippen LogP contribution in [0.4, 0.5) is 10.5 Å². The molecule has 2 heterocycles. The number of nitriles is 1. The second kappa shape index (κ2) is 7.02. The summed E-state index contributed by atoms with van der Waals surface area (Å²) in [6.45, 7) is 2.29. The Morgan fingerprint density at radius 3 is 2.67 bits per heavy atom. The summed E-state index contributed by atoms with van der Waals surface area (Å²) in [6, 6.07) is 1.50. The minimum Gasteiger partial charge on any atom is -0.475 e. The zero-order valence-electron chi connectivity index (χ0n) is 16.6. The van der Waals surface area contributed by atoms with Crippen LogP contribution < -0.4 is 14.8 Å². The van der Waals surface area contributed by atoms with Crippen molar-refractivity contribution in [3.05, 3.63) is 34.5 Å². The van der Waals surface area contributed by atoms with Gasteiger partial charge in [-0.15, -0.1) is 4.36 Å². The second-order valence-electron chi connectivity index (χ2n) is 7.91. The second-order valence-corrected chi connectivity index (χ2v) is 9.79. The molecule has 1 aromatic heterocycles. The molecule has 2 atom stereocenters. The maximum absolute atomic E-state index is 13.5. The smallest absolute Gasteiger partial charge is 0.355 e. The third-order valence-electron chi connectivity index (χ3n) is 6.00. The van der Waals surface area contributed by atoms with Crippen molar-refractivity contribution >= 4 is 21.6 Å². The van der Waals surface area contributed by atoms with E-state index in [-0.39, 0.29) is 16.8 Å². The summed E-state index contributed by atoms with van der Waals surface area (Å²) < 4.78 is 26.7. The van der Waals surface area contributed by atoms with Gasteiger partial charge in [-0.25, -0.2) is 18.4 Å². The third kappa shape index (κ3) is 2.92. The van der Waals surface area contributed by atoms with Gasteiger partial charge < -0.3 is 10.1 Å². The van der Waals surface area contributed by atoms with Gasteiger partial charge in [-0.1, -0.05) is 6.07 Å². The number of anilines is 1. The number of ether oxygens (including phenoxy) is 1. The van der Waals surface area contributed by atoms with Crippen LogP contribution in [0.25, 0.3) is 0 Å². The van der Waals surface area contributed by atoms with Crippen LogP contribution in [0, 0.1) is 11.5 Å². The number of nitrogens with zero attached hydrogens (tertiary/aromatic N) is 4. The van der Waals surface area contributed by atoms with Gasteiger partial charge in [0.2, 0.25) is 5.88 Å². The number of hydrogen-bond donors (Lipinski definition) is 2. The average Bonchev–Trinajstić information content (AvgIpc) is 3.46. The number of fused-ring (bicyclic) bond motifs is 3. The lowest BCUT2D eigenvalue weighted by molar-refractivity contribution is 0.260. The largest absolute Gasteiger partial charge is 0.475 e. The molecule has 0 saturated heterocycles. The van der Waals surface area contributed by atoms with Crippen LogP contribution in [0.2, 0.25) is 0 Å². The van der Waals surface area contributed by atoms with Gasteiger partial charge in [0, 0.05) is 5.69 Å². The number of nitrogens with one attached hydrogen (secondary N) is 2. The maximum Gasteiger partial charge on any atom is 0.355 e. The lowest BCUT2D eigenvalue weighted by Crippen LogP contribution is -2.22. The van der Waals surface area contributed by atoms with Crippen molar-refractivity contribution in [1.82, 2.24) is 14.5 Å². The summed E-state index contributed by atoms with van der Waals surface area (Å²) in [5.41, 5.74) is 5.68. The van der Waals surface area contributed by atoms with Crippen LogP contribution in [-0.2, 0) is 35.6 Å². The fourth-order valence-electron chi connectivity index (χ4n) is 4.65.